The van der Waals surface area contributed by atoms with Gasteiger partial charge in [-0.1, -0.05) is 64.8 Å². The molecule has 2 rings (SSSR count). The van der Waals surface area contributed by atoms with Crippen molar-refractivity contribution in [3.63, 3.8) is 0 Å². The molecule has 0 aromatic heterocycles. The SMILES string of the molecule is CCN(Cc1ccccc1)S(=O)(=O)c1ccc(Br)cc1Cl. The highest BCUT2D eigenvalue weighted by Gasteiger charge is 2.25. The Morgan fingerprint density at radius 2 is 1.81 bits per heavy atom. The molecule has 2 aromatic carbocycles. The standard InChI is InChI=1S/C15H15BrClNO2S/c1-2-18(11-12-6-4-3-5-7-12)21(19,20)15-9-8-13(16)10-14(15)17/h3-10H,2,11H2,1H3. The van der Waals surface area contributed by atoms with Gasteiger partial charge in [0.05, 0.1) is 5.02 Å². The van der Waals surface area contributed by atoms with Gasteiger partial charge in [-0.2, -0.15) is 4.31 Å². The molecule has 0 bridgehead atoms. The molecule has 0 radical (unpaired) electrons. The van der Waals surface area contributed by atoms with E-state index in [0.29, 0.717) is 13.1 Å². The van der Waals surface area contributed by atoms with Gasteiger partial charge in [0.2, 0.25) is 10.0 Å². The minimum atomic E-state index is -3.62. The summed E-state index contributed by atoms with van der Waals surface area (Å²) in [6.45, 7) is 2.52. The predicted octanol–water partition coefficient (Wildman–Crippen LogP) is 4.31. The van der Waals surface area contributed by atoms with Crippen molar-refractivity contribution in [1.82, 2.24) is 4.31 Å². The van der Waals surface area contributed by atoms with Gasteiger partial charge in [0.1, 0.15) is 4.90 Å². The van der Waals surface area contributed by atoms with Crippen molar-refractivity contribution >= 4 is 37.6 Å². The summed E-state index contributed by atoms with van der Waals surface area (Å²) in [7, 11) is -3.62. The Labute approximate surface area is 138 Å². The zero-order valence-corrected chi connectivity index (χ0v) is 14.6. The van der Waals surface area contributed by atoms with Crippen LogP contribution in [0.15, 0.2) is 57.9 Å². The van der Waals surface area contributed by atoms with Crippen molar-refractivity contribution in [3.05, 3.63) is 63.6 Å². The van der Waals surface area contributed by atoms with E-state index in [4.69, 9.17) is 11.6 Å². The van der Waals surface area contributed by atoms with Crippen molar-refractivity contribution in [2.24, 2.45) is 0 Å². The number of hydrogen-bond acceptors (Lipinski definition) is 2. The van der Waals surface area contributed by atoms with Crippen LogP contribution in [0.5, 0.6) is 0 Å². The fourth-order valence-electron chi connectivity index (χ4n) is 1.98. The molecule has 0 amide bonds. The molecular formula is C15H15BrClNO2S. The number of nitrogens with zero attached hydrogens (tertiary/aromatic N) is 1. The highest BCUT2D eigenvalue weighted by atomic mass is 79.9. The number of rotatable bonds is 5. The van der Waals surface area contributed by atoms with E-state index >= 15 is 0 Å². The lowest BCUT2D eigenvalue weighted by molar-refractivity contribution is 0.423. The molecular weight excluding hydrogens is 374 g/mol. The quantitative estimate of drug-likeness (QED) is 0.765. The lowest BCUT2D eigenvalue weighted by Gasteiger charge is -2.21. The Morgan fingerprint density at radius 1 is 1.14 bits per heavy atom. The minimum Gasteiger partial charge on any atom is -0.207 e. The number of sulfonamides is 1. The first-order valence-electron chi connectivity index (χ1n) is 6.44. The maximum Gasteiger partial charge on any atom is 0.244 e. The van der Waals surface area contributed by atoms with Crippen LogP contribution in [-0.4, -0.2) is 19.3 Å². The minimum absolute atomic E-state index is 0.130. The van der Waals surface area contributed by atoms with E-state index in [2.05, 4.69) is 15.9 Å². The van der Waals surface area contributed by atoms with Crippen molar-refractivity contribution in [3.8, 4) is 0 Å². The van der Waals surface area contributed by atoms with Crippen LogP contribution in [0.3, 0.4) is 0 Å². The summed E-state index contributed by atoms with van der Waals surface area (Å²) in [5, 5.41) is 0.218. The Kier molecular flexibility index (Phi) is 5.43. The monoisotopic (exact) mass is 387 g/mol. The average Bonchev–Trinajstić information content (AvgIpc) is 2.45. The van der Waals surface area contributed by atoms with E-state index in [1.54, 1.807) is 12.1 Å². The largest absolute Gasteiger partial charge is 0.244 e. The van der Waals surface area contributed by atoms with Gasteiger partial charge in [-0.15, -0.1) is 0 Å². The molecule has 21 heavy (non-hydrogen) atoms. The molecule has 0 N–H and O–H groups in total. The van der Waals surface area contributed by atoms with Gasteiger partial charge in [-0.3, -0.25) is 0 Å². The molecule has 0 aliphatic carbocycles. The van der Waals surface area contributed by atoms with Crippen molar-refractivity contribution in [2.45, 2.75) is 18.4 Å². The topological polar surface area (TPSA) is 37.4 Å². The highest BCUT2D eigenvalue weighted by molar-refractivity contribution is 9.10. The second-order valence-electron chi connectivity index (χ2n) is 4.49. The van der Waals surface area contributed by atoms with Gasteiger partial charge in [0, 0.05) is 17.6 Å². The second kappa shape index (κ2) is 6.92. The molecule has 112 valence electrons. The van der Waals surface area contributed by atoms with Crippen LogP contribution in [0.25, 0.3) is 0 Å². The summed E-state index contributed by atoms with van der Waals surface area (Å²) < 4.78 is 27.6. The fourth-order valence-corrected chi connectivity index (χ4v) is 4.43. The van der Waals surface area contributed by atoms with Crippen molar-refractivity contribution in [2.75, 3.05) is 6.54 Å². The summed E-state index contributed by atoms with van der Waals surface area (Å²) >= 11 is 9.36. The van der Waals surface area contributed by atoms with Crippen LogP contribution in [0.2, 0.25) is 5.02 Å². The third kappa shape index (κ3) is 3.86. The molecule has 6 heteroatoms. The van der Waals surface area contributed by atoms with E-state index in [9.17, 15) is 8.42 Å². The number of hydrogen-bond donors (Lipinski definition) is 0. The first-order chi connectivity index (χ1) is 9.95. The molecule has 0 unspecified atom stereocenters. The number of halogens is 2. The third-order valence-electron chi connectivity index (χ3n) is 3.07. The van der Waals surface area contributed by atoms with Crippen LogP contribution in [0.4, 0.5) is 0 Å². The van der Waals surface area contributed by atoms with Crippen molar-refractivity contribution in [1.29, 1.82) is 0 Å². The maximum atomic E-state index is 12.7. The molecule has 0 spiro atoms. The Balaban J connectivity index is 2.36. The second-order valence-corrected chi connectivity index (χ2v) is 7.72. The van der Waals surface area contributed by atoms with E-state index in [1.807, 2.05) is 37.3 Å². The fraction of sp³-hybridized carbons (Fsp3) is 0.200. The summed E-state index contributed by atoms with van der Waals surface area (Å²) in [6.07, 6.45) is 0. The molecule has 3 nitrogen and oxygen atoms in total. The molecule has 0 saturated carbocycles. The van der Waals surface area contributed by atoms with Gasteiger partial charge in [-0.05, 0) is 23.8 Å². The highest BCUT2D eigenvalue weighted by Crippen LogP contribution is 2.28. The Morgan fingerprint density at radius 3 is 2.38 bits per heavy atom. The molecule has 0 heterocycles. The van der Waals surface area contributed by atoms with Gasteiger partial charge in [-0.25, -0.2) is 8.42 Å². The maximum absolute atomic E-state index is 12.7. The van der Waals surface area contributed by atoms with Gasteiger partial charge in [0.25, 0.3) is 0 Å². The molecule has 2 aromatic rings. The van der Waals surface area contributed by atoms with Gasteiger partial charge >= 0.3 is 0 Å². The van der Waals surface area contributed by atoms with E-state index < -0.39 is 10.0 Å². The summed E-state index contributed by atoms with van der Waals surface area (Å²) in [4.78, 5) is 0.130. The van der Waals surface area contributed by atoms with Crippen LogP contribution in [-0.2, 0) is 16.6 Å². The third-order valence-corrected chi connectivity index (χ3v) is 5.96. The van der Waals surface area contributed by atoms with Crippen LogP contribution >= 0.6 is 27.5 Å². The molecule has 0 atom stereocenters. The predicted molar refractivity (Wildman–Crippen MR) is 88.9 cm³/mol. The summed E-state index contributed by atoms with van der Waals surface area (Å²) in [5.41, 5.74) is 0.941. The average molecular weight is 389 g/mol. The van der Waals surface area contributed by atoms with E-state index in [1.165, 1.54) is 10.4 Å². The summed E-state index contributed by atoms with van der Waals surface area (Å²) in [5.74, 6) is 0. The van der Waals surface area contributed by atoms with Crippen LogP contribution < -0.4 is 0 Å². The van der Waals surface area contributed by atoms with Gasteiger partial charge < -0.3 is 0 Å². The first-order valence-corrected chi connectivity index (χ1v) is 9.05. The zero-order chi connectivity index (χ0) is 15.5. The lowest BCUT2D eigenvalue weighted by Crippen LogP contribution is -2.30. The van der Waals surface area contributed by atoms with E-state index in [0.717, 1.165) is 10.0 Å². The van der Waals surface area contributed by atoms with Crippen molar-refractivity contribution < 1.29 is 8.42 Å². The normalized spacial score (nSPS) is 11.8. The Hall–Kier alpha value is -0.880. The first kappa shape index (κ1) is 16.5. The zero-order valence-electron chi connectivity index (χ0n) is 11.5. The molecule has 0 aliphatic rings. The van der Waals surface area contributed by atoms with E-state index in [-0.39, 0.29) is 9.92 Å². The van der Waals surface area contributed by atoms with Crippen LogP contribution in [0, 0.1) is 0 Å². The smallest absolute Gasteiger partial charge is 0.207 e. The van der Waals surface area contributed by atoms with Crippen LogP contribution in [0.1, 0.15) is 12.5 Å². The summed E-state index contributed by atoms with van der Waals surface area (Å²) in [6, 6.07) is 14.3. The van der Waals surface area contributed by atoms with Gasteiger partial charge in [0.15, 0.2) is 0 Å². The molecule has 0 aliphatic heterocycles. The molecule has 0 fully saturated rings. The Bertz CT molecular complexity index is 720. The lowest BCUT2D eigenvalue weighted by atomic mass is 10.2. The molecule has 0 saturated heterocycles. The number of benzene rings is 2.